The van der Waals surface area contributed by atoms with Crippen LogP contribution in [0, 0.1) is 6.92 Å². The average Bonchev–Trinajstić information content (AvgIpc) is 3.25. The molecule has 1 saturated heterocycles. The summed E-state index contributed by atoms with van der Waals surface area (Å²) in [6, 6.07) is 8.38. The van der Waals surface area contributed by atoms with Crippen LogP contribution >= 0.6 is 11.6 Å². The fourth-order valence-corrected chi connectivity index (χ4v) is 4.96. The summed E-state index contributed by atoms with van der Waals surface area (Å²) in [4.78, 5) is 30.6. The molecule has 33 heavy (non-hydrogen) atoms. The van der Waals surface area contributed by atoms with E-state index in [2.05, 4.69) is 20.7 Å². The lowest BCUT2D eigenvalue weighted by Crippen LogP contribution is -2.59. The van der Waals surface area contributed by atoms with Gasteiger partial charge >= 0.3 is 0 Å². The highest BCUT2D eigenvalue weighted by atomic mass is 35.5. The second-order valence-electron chi connectivity index (χ2n) is 8.99. The van der Waals surface area contributed by atoms with Crippen molar-refractivity contribution >= 4 is 23.4 Å². The number of nitrogens with one attached hydrogen (secondary N) is 2. The zero-order valence-corrected chi connectivity index (χ0v) is 19.8. The number of halogens is 1. The van der Waals surface area contributed by atoms with Crippen molar-refractivity contribution in [3.05, 3.63) is 52.7 Å². The number of carbonyl (C=O) groups excluding carboxylic acids is 2. The van der Waals surface area contributed by atoms with Crippen LogP contribution < -0.4 is 10.9 Å². The number of amides is 2. The van der Waals surface area contributed by atoms with E-state index in [9.17, 15) is 9.59 Å². The summed E-state index contributed by atoms with van der Waals surface area (Å²) in [5.74, 6) is 1.36. The summed E-state index contributed by atoms with van der Waals surface area (Å²) in [5.41, 5.74) is 5.99. The number of hydrogen-bond donors (Lipinski definition) is 2. The number of hydrazine groups is 1. The minimum atomic E-state index is -0.634. The van der Waals surface area contributed by atoms with E-state index < -0.39 is 6.10 Å². The number of aromatic nitrogens is 1. The Morgan fingerprint density at radius 1 is 1.15 bits per heavy atom. The van der Waals surface area contributed by atoms with Gasteiger partial charge in [-0.3, -0.25) is 25.3 Å². The molecule has 8 nitrogen and oxygen atoms in total. The molecule has 2 fully saturated rings. The molecule has 2 N–H and O–H groups in total. The summed E-state index contributed by atoms with van der Waals surface area (Å²) in [6.07, 6.45) is 5.97. The first kappa shape index (κ1) is 23.7. The van der Waals surface area contributed by atoms with Crippen molar-refractivity contribution in [3.63, 3.8) is 0 Å². The lowest BCUT2D eigenvalue weighted by Gasteiger charge is -2.45. The Bertz CT molecular complexity index is 956. The first-order valence-electron chi connectivity index (χ1n) is 11.5. The second kappa shape index (κ2) is 10.7. The third kappa shape index (κ3) is 6.13. The van der Waals surface area contributed by atoms with Crippen molar-refractivity contribution in [1.29, 1.82) is 0 Å². The maximum Gasteiger partial charge on any atom is 0.268 e. The smallest absolute Gasteiger partial charge is 0.268 e. The number of oxazole rings is 1. The van der Waals surface area contributed by atoms with Crippen LogP contribution in [0.3, 0.4) is 0 Å². The Morgan fingerprint density at radius 2 is 1.88 bits per heavy atom. The van der Waals surface area contributed by atoms with Crippen LogP contribution in [-0.2, 0) is 20.7 Å². The molecule has 0 radical (unpaired) electrons. The van der Waals surface area contributed by atoms with Crippen LogP contribution in [-0.4, -0.2) is 53.0 Å². The van der Waals surface area contributed by atoms with E-state index in [1.54, 1.807) is 6.20 Å². The van der Waals surface area contributed by atoms with E-state index in [0.717, 1.165) is 43.8 Å². The van der Waals surface area contributed by atoms with Crippen molar-refractivity contribution in [1.82, 2.24) is 20.7 Å². The molecule has 2 amide bonds. The third-order valence-corrected chi connectivity index (χ3v) is 6.78. The molecule has 4 rings (SSSR count). The van der Waals surface area contributed by atoms with E-state index in [1.807, 2.05) is 31.2 Å². The standard InChI is InChI=1S/C24H31ClN4O4/c1-15-12-26-24(33-15)18-5-9-20(10-6-18)29-13-22(23(31)28-27-16(2)30)32-14-21(29)11-17-3-7-19(25)8-4-17/h3-4,7-8,12,18,20-22H,5-6,9-11,13-14H2,1-2H3,(H,27,30)(H,28,31)/t18?,20?,21-,22+/m0/s1. The predicted molar refractivity (Wildman–Crippen MR) is 124 cm³/mol. The van der Waals surface area contributed by atoms with Gasteiger partial charge in [0.1, 0.15) is 5.76 Å². The lowest BCUT2D eigenvalue weighted by atomic mass is 9.84. The summed E-state index contributed by atoms with van der Waals surface area (Å²) < 4.78 is 11.7. The molecule has 2 heterocycles. The van der Waals surface area contributed by atoms with Crippen LogP contribution in [0.15, 0.2) is 34.9 Å². The van der Waals surface area contributed by atoms with Crippen LogP contribution in [0.1, 0.15) is 55.7 Å². The topological polar surface area (TPSA) is 96.7 Å². The SMILES string of the molecule is CC(=O)NNC(=O)[C@H]1CN(C2CCC(c3ncc(C)o3)CC2)[C@@H](Cc2ccc(Cl)cc2)CO1. The molecule has 1 aromatic carbocycles. The van der Waals surface area contributed by atoms with Crippen LogP contribution in [0.5, 0.6) is 0 Å². The quantitative estimate of drug-likeness (QED) is 0.646. The number of carbonyl (C=O) groups is 2. The first-order chi connectivity index (χ1) is 15.9. The molecular formula is C24H31ClN4O4. The van der Waals surface area contributed by atoms with Crippen LogP contribution in [0.2, 0.25) is 5.02 Å². The monoisotopic (exact) mass is 474 g/mol. The van der Waals surface area contributed by atoms with Gasteiger partial charge in [0.05, 0.1) is 12.8 Å². The number of rotatable bonds is 5. The summed E-state index contributed by atoms with van der Waals surface area (Å²) in [7, 11) is 0. The van der Waals surface area contributed by atoms with Crippen molar-refractivity contribution < 1.29 is 18.7 Å². The van der Waals surface area contributed by atoms with Crippen molar-refractivity contribution in [3.8, 4) is 0 Å². The molecule has 2 atom stereocenters. The number of aryl methyl sites for hydroxylation is 1. The van der Waals surface area contributed by atoms with Gasteiger partial charge in [-0.2, -0.15) is 0 Å². The zero-order chi connectivity index (χ0) is 23.4. The van der Waals surface area contributed by atoms with E-state index in [0.29, 0.717) is 30.1 Å². The van der Waals surface area contributed by atoms with E-state index in [4.69, 9.17) is 20.8 Å². The summed E-state index contributed by atoms with van der Waals surface area (Å²) in [6.45, 7) is 4.20. The van der Waals surface area contributed by atoms with Crippen molar-refractivity contribution in [2.45, 2.75) is 70.1 Å². The van der Waals surface area contributed by atoms with Gasteiger partial charge in [-0.1, -0.05) is 23.7 Å². The van der Waals surface area contributed by atoms with Crippen molar-refractivity contribution in [2.24, 2.45) is 0 Å². The van der Waals surface area contributed by atoms with Gasteiger partial charge in [-0.25, -0.2) is 4.98 Å². The highest BCUT2D eigenvalue weighted by molar-refractivity contribution is 6.30. The molecule has 0 spiro atoms. The Morgan fingerprint density at radius 3 is 2.52 bits per heavy atom. The summed E-state index contributed by atoms with van der Waals surface area (Å²) >= 11 is 6.05. The molecule has 2 aromatic rings. The molecule has 1 aliphatic heterocycles. The van der Waals surface area contributed by atoms with Crippen LogP contribution in [0.4, 0.5) is 0 Å². The maximum absolute atomic E-state index is 12.6. The number of hydrogen-bond acceptors (Lipinski definition) is 6. The van der Waals surface area contributed by atoms with Gasteiger partial charge < -0.3 is 9.15 Å². The van der Waals surface area contributed by atoms with Gasteiger partial charge in [-0.05, 0) is 56.7 Å². The van der Waals surface area contributed by atoms with Gasteiger partial charge in [0.15, 0.2) is 12.0 Å². The average molecular weight is 475 g/mol. The van der Waals surface area contributed by atoms with E-state index in [1.165, 1.54) is 12.5 Å². The van der Waals surface area contributed by atoms with Crippen LogP contribution in [0.25, 0.3) is 0 Å². The zero-order valence-electron chi connectivity index (χ0n) is 19.1. The largest absolute Gasteiger partial charge is 0.446 e. The van der Waals surface area contributed by atoms with Gasteiger partial charge in [0.2, 0.25) is 5.91 Å². The number of ether oxygens (including phenoxy) is 1. The Labute approximate surface area is 199 Å². The summed E-state index contributed by atoms with van der Waals surface area (Å²) in [5, 5.41) is 0.713. The maximum atomic E-state index is 12.6. The first-order valence-corrected chi connectivity index (χ1v) is 11.9. The minimum absolute atomic E-state index is 0.154. The molecule has 1 aromatic heterocycles. The normalized spacial score (nSPS) is 26.0. The predicted octanol–water partition coefficient (Wildman–Crippen LogP) is 3.14. The van der Waals surface area contributed by atoms with E-state index >= 15 is 0 Å². The molecule has 0 unspecified atom stereocenters. The molecular weight excluding hydrogens is 444 g/mol. The fraction of sp³-hybridized carbons (Fsp3) is 0.542. The highest BCUT2D eigenvalue weighted by Gasteiger charge is 2.38. The molecule has 2 aliphatic rings. The molecule has 0 bridgehead atoms. The Balaban J connectivity index is 1.44. The molecule has 1 aliphatic carbocycles. The Kier molecular flexibility index (Phi) is 7.67. The van der Waals surface area contributed by atoms with Gasteiger partial charge in [0.25, 0.3) is 5.91 Å². The molecule has 9 heteroatoms. The lowest BCUT2D eigenvalue weighted by molar-refractivity contribution is -0.147. The number of benzene rings is 1. The van der Waals surface area contributed by atoms with Gasteiger partial charge in [0, 0.05) is 36.5 Å². The molecule has 178 valence electrons. The second-order valence-corrected chi connectivity index (χ2v) is 9.42. The Hall–Kier alpha value is -2.42. The fourth-order valence-electron chi connectivity index (χ4n) is 4.84. The van der Waals surface area contributed by atoms with Gasteiger partial charge in [-0.15, -0.1) is 0 Å². The third-order valence-electron chi connectivity index (χ3n) is 6.53. The number of morpholine rings is 1. The highest BCUT2D eigenvalue weighted by Crippen LogP contribution is 2.36. The number of nitrogens with zero attached hydrogens (tertiary/aromatic N) is 2. The van der Waals surface area contributed by atoms with E-state index in [-0.39, 0.29) is 17.9 Å². The minimum Gasteiger partial charge on any atom is -0.446 e. The van der Waals surface area contributed by atoms with Crippen molar-refractivity contribution in [2.75, 3.05) is 13.2 Å². The molecule has 1 saturated carbocycles.